The van der Waals surface area contributed by atoms with Gasteiger partial charge in [0.15, 0.2) is 34.5 Å². The molecule has 0 saturated carbocycles. The number of imidazole rings is 1. The molecule has 0 fully saturated rings. The second-order valence-electron chi connectivity index (χ2n) is 7.29. The van der Waals surface area contributed by atoms with E-state index in [-0.39, 0.29) is 63.6 Å². The molecule has 0 aliphatic carbocycles. The third kappa shape index (κ3) is 4.68. The van der Waals surface area contributed by atoms with Crippen LogP contribution in [-0.4, -0.2) is 51.0 Å². The Morgan fingerprint density at radius 3 is 2.58 bits per heavy atom. The predicted molar refractivity (Wildman–Crippen MR) is 123 cm³/mol. The van der Waals surface area contributed by atoms with Gasteiger partial charge in [0.25, 0.3) is 0 Å². The maximum Gasteiger partial charge on any atom is 0.354 e. The van der Waals surface area contributed by atoms with E-state index in [2.05, 4.69) is 9.97 Å². The zero-order valence-corrected chi connectivity index (χ0v) is 19.3. The lowest BCUT2D eigenvalue weighted by molar-refractivity contribution is 0.0691. The summed E-state index contributed by atoms with van der Waals surface area (Å²) < 4.78 is 45.5. The van der Waals surface area contributed by atoms with E-state index in [0.29, 0.717) is 0 Å². The van der Waals surface area contributed by atoms with Crippen LogP contribution in [-0.2, 0) is 6.61 Å². The average Bonchev–Trinajstić information content (AvgIpc) is 3.18. The van der Waals surface area contributed by atoms with Crippen molar-refractivity contribution in [2.24, 2.45) is 0 Å². The summed E-state index contributed by atoms with van der Waals surface area (Å²) in [4.78, 5) is 30.7. The molecule has 4 aromatic rings. The van der Waals surface area contributed by atoms with E-state index >= 15 is 0 Å². The predicted octanol–water partition coefficient (Wildman–Crippen LogP) is 3.30. The maximum atomic E-state index is 14.4. The Bertz CT molecular complexity index is 1520. The molecule has 4 rings (SSSR count). The number of fused-ring (bicyclic) bond motifs is 1. The Hall–Kier alpha value is -4.16. The van der Waals surface area contributed by atoms with Crippen molar-refractivity contribution in [3.05, 3.63) is 74.8 Å². The van der Waals surface area contributed by atoms with E-state index in [9.17, 15) is 23.5 Å². The smallest absolute Gasteiger partial charge is 0.354 e. The Labute approximate surface area is 206 Å². The molecule has 0 amide bonds. The van der Waals surface area contributed by atoms with Gasteiger partial charge >= 0.3 is 11.7 Å². The first-order valence-corrected chi connectivity index (χ1v) is 10.7. The van der Waals surface area contributed by atoms with Crippen LogP contribution in [0.1, 0.15) is 16.1 Å². The van der Waals surface area contributed by atoms with Gasteiger partial charge in [-0.05, 0) is 24.3 Å². The largest absolute Gasteiger partial charge is 0.496 e. The molecule has 36 heavy (non-hydrogen) atoms. The van der Waals surface area contributed by atoms with Gasteiger partial charge in [0.2, 0.25) is 0 Å². The number of carbonyl (C=O) groups is 1. The van der Waals surface area contributed by atoms with E-state index in [1.807, 2.05) is 0 Å². The van der Waals surface area contributed by atoms with Crippen LogP contribution in [0.15, 0.2) is 41.2 Å². The average molecular weight is 522 g/mol. The highest BCUT2D eigenvalue weighted by molar-refractivity contribution is 6.32. The van der Waals surface area contributed by atoms with Crippen molar-refractivity contribution >= 4 is 28.7 Å². The summed E-state index contributed by atoms with van der Waals surface area (Å²) >= 11 is 6.41. The van der Waals surface area contributed by atoms with Crippen molar-refractivity contribution in [3.63, 3.8) is 0 Å². The molecular formula is C23H18ClF2N3O7. The summed E-state index contributed by atoms with van der Waals surface area (Å²) in [7, 11) is 1.29. The van der Waals surface area contributed by atoms with Gasteiger partial charge in [-0.25, -0.2) is 27.9 Å². The molecule has 0 saturated heterocycles. The minimum absolute atomic E-state index is 0.00432. The van der Waals surface area contributed by atoms with Crippen LogP contribution < -0.4 is 19.9 Å². The number of ether oxygens (including phenoxy) is 3. The molecule has 2 heterocycles. The highest BCUT2D eigenvalue weighted by atomic mass is 35.5. The van der Waals surface area contributed by atoms with E-state index in [1.54, 1.807) is 0 Å². The number of H-pyrrole nitrogens is 1. The van der Waals surface area contributed by atoms with Crippen LogP contribution in [0.2, 0.25) is 5.02 Å². The number of pyridine rings is 1. The van der Waals surface area contributed by atoms with Crippen molar-refractivity contribution in [1.29, 1.82) is 0 Å². The van der Waals surface area contributed by atoms with Crippen LogP contribution in [0, 0.1) is 11.6 Å². The number of aromatic carboxylic acids is 1. The van der Waals surface area contributed by atoms with Crippen LogP contribution in [0.25, 0.3) is 16.9 Å². The van der Waals surface area contributed by atoms with Crippen LogP contribution in [0.3, 0.4) is 0 Å². The molecule has 0 unspecified atom stereocenters. The molecule has 0 aliphatic heterocycles. The number of aliphatic hydroxyl groups is 1. The van der Waals surface area contributed by atoms with Crippen molar-refractivity contribution in [2.45, 2.75) is 6.61 Å². The number of carboxylic acid groups (broad SMARTS) is 1. The Morgan fingerprint density at radius 1 is 1.14 bits per heavy atom. The number of aliphatic hydroxyl groups excluding tert-OH is 1. The fraction of sp³-hybridized carbons (Fsp3) is 0.174. The summed E-state index contributed by atoms with van der Waals surface area (Å²) in [5.74, 6) is -3.52. The fourth-order valence-electron chi connectivity index (χ4n) is 3.45. The van der Waals surface area contributed by atoms with Gasteiger partial charge in [0.1, 0.15) is 19.0 Å². The second-order valence-corrected chi connectivity index (χ2v) is 7.70. The number of nitrogens with zero attached hydrogens (tertiary/aromatic N) is 2. The minimum atomic E-state index is -1.30. The zero-order chi connectivity index (χ0) is 26.0. The topological polar surface area (TPSA) is 136 Å². The van der Waals surface area contributed by atoms with Crippen LogP contribution in [0.4, 0.5) is 8.78 Å². The first-order chi connectivity index (χ1) is 17.2. The van der Waals surface area contributed by atoms with Crippen molar-refractivity contribution in [2.75, 3.05) is 20.3 Å². The second kappa shape index (κ2) is 10.2. The van der Waals surface area contributed by atoms with Gasteiger partial charge in [0.05, 0.1) is 35.5 Å². The maximum absolute atomic E-state index is 14.4. The zero-order valence-electron chi connectivity index (χ0n) is 18.5. The fourth-order valence-corrected chi connectivity index (χ4v) is 3.69. The number of halogens is 3. The molecule has 0 atom stereocenters. The third-order valence-corrected chi connectivity index (χ3v) is 5.40. The number of aromatic amines is 1. The van der Waals surface area contributed by atoms with Crippen molar-refractivity contribution in [3.8, 4) is 22.9 Å². The SMILES string of the molecule is COc1ccc(F)c(F)c1COc1cc(-n2c(=O)[nH]c3ccc(C(=O)O)nc32)c(Cl)cc1OCCO. The molecule has 13 heteroatoms. The number of methoxy groups -OCH3 is 1. The van der Waals surface area contributed by atoms with Crippen molar-refractivity contribution in [1.82, 2.24) is 14.5 Å². The Morgan fingerprint density at radius 2 is 1.89 bits per heavy atom. The first-order valence-electron chi connectivity index (χ1n) is 10.3. The molecule has 2 aromatic carbocycles. The van der Waals surface area contributed by atoms with Gasteiger partial charge in [0, 0.05) is 12.1 Å². The molecule has 0 bridgehead atoms. The van der Waals surface area contributed by atoms with Gasteiger partial charge in [-0.1, -0.05) is 11.6 Å². The van der Waals surface area contributed by atoms with Crippen LogP contribution in [0.5, 0.6) is 17.2 Å². The van der Waals surface area contributed by atoms with Crippen molar-refractivity contribution < 1.29 is 38.0 Å². The number of nitrogens with one attached hydrogen (secondary N) is 1. The van der Waals surface area contributed by atoms with Gasteiger partial charge < -0.3 is 29.4 Å². The van der Waals surface area contributed by atoms with Gasteiger partial charge in [-0.2, -0.15) is 0 Å². The monoisotopic (exact) mass is 521 g/mol. The quantitative estimate of drug-likeness (QED) is 0.305. The lowest BCUT2D eigenvalue weighted by Crippen LogP contribution is -2.16. The normalized spacial score (nSPS) is 11.0. The molecule has 3 N–H and O–H groups in total. The number of hydrogen-bond acceptors (Lipinski definition) is 7. The molecule has 0 spiro atoms. The molecule has 2 aromatic heterocycles. The standard InChI is InChI=1S/C23H18ClF2N3O7/c1-34-17-5-2-13(25)20(26)11(17)10-36-19-9-16(12(24)8-18(19)35-7-6-30)29-21-14(28-23(29)33)3-4-15(27-21)22(31)32/h2-5,8-9,30H,6-7,10H2,1H3,(H,28,33)(H,31,32). The summed E-state index contributed by atoms with van der Waals surface area (Å²) in [6.45, 7) is -0.970. The molecular weight excluding hydrogens is 504 g/mol. The molecule has 188 valence electrons. The lowest BCUT2D eigenvalue weighted by atomic mass is 10.2. The van der Waals surface area contributed by atoms with Gasteiger partial charge in [-0.3, -0.25) is 0 Å². The Balaban J connectivity index is 1.83. The number of hydrogen-bond donors (Lipinski definition) is 3. The summed E-state index contributed by atoms with van der Waals surface area (Å²) in [6, 6.07) is 7.36. The summed E-state index contributed by atoms with van der Waals surface area (Å²) in [5, 5.41) is 18.4. The number of aromatic nitrogens is 3. The molecule has 0 radical (unpaired) electrons. The summed E-state index contributed by atoms with van der Waals surface area (Å²) in [5.41, 5.74) is -0.917. The van der Waals surface area contributed by atoms with Gasteiger partial charge in [-0.15, -0.1) is 0 Å². The lowest BCUT2D eigenvalue weighted by Gasteiger charge is -2.17. The molecule has 0 aliphatic rings. The first kappa shape index (κ1) is 24.9. The highest BCUT2D eigenvalue weighted by Gasteiger charge is 2.21. The van der Waals surface area contributed by atoms with E-state index in [0.717, 1.165) is 10.6 Å². The molecule has 10 nitrogen and oxygen atoms in total. The highest BCUT2D eigenvalue weighted by Crippen LogP contribution is 2.37. The minimum Gasteiger partial charge on any atom is -0.496 e. The number of benzene rings is 2. The van der Waals surface area contributed by atoms with E-state index in [1.165, 1.54) is 37.4 Å². The number of rotatable bonds is 9. The Kier molecular flexibility index (Phi) is 7.08. The van der Waals surface area contributed by atoms with E-state index < -0.39 is 29.9 Å². The summed E-state index contributed by atoms with van der Waals surface area (Å²) in [6.07, 6.45) is 0. The third-order valence-electron chi connectivity index (χ3n) is 5.10. The van der Waals surface area contributed by atoms with E-state index in [4.69, 9.17) is 30.9 Å². The van der Waals surface area contributed by atoms with Crippen LogP contribution >= 0.6 is 11.6 Å². The number of carboxylic acids is 1.